The molecular weight excluding hydrogens is 320 g/mol. The van der Waals surface area contributed by atoms with Gasteiger partial charge in [0.25, 0.3) is 11.8 Å². The molecule has 2 amide bonds. The van der Waals surface area contributed by atoms with Crippen molar-refractivity contribution in [2.45, 2.75) is 13.8 Å². The van der Waals surface area contributed by atoms with Crippen LogP contribution in [0.15, 0.2) is 33.5 Å². The van der Waals surface area contributed by atoms with Crippen LogP contribution in [-0.4, -0.2) is 21.8 Å². The average Bonchev–Trinajstić information content (AvgIpc) is 3.22. The van der Waals surface area contributed by atoms with E-state index in [2.05, 4.69) is 20.6 Å². The minimum Gasteiger partial charge on any atom is -0.459 e. The lowest BCUT2D eigenvalue weighted by molar-refractivity contribution is 0.0990. The number of carbonyl (C=O) groups is 2. The van der Waals surface area contributed by atoms with Gasteiger partial charge in [-0.15, -0.1) is 11.3 Å². The lowest BCUT2D eigenvalue weighted by atomic mass is 10.4. The highest BCUT2D eigenvalue weighted by atomic mass is 32.1. The molecule has 0 atom stereocenters. The van der Waals surface area contributed by atoms with Crippen LogP contribution in [0.4, 0.5) is 11.1 Å². The zero-order chi connectivity index (χ0) is 16.4. The molecule has 3 aromatic rings. The number of thiazole rings is 1. The van der Waals surface area contributed by atoms with E-state index in [4.69, 9.17) is 8.83 Å². The summed E-state index contributed by atoms with van der Waals surface area (Å²) in [5.74, 6) is -0.876. The van der Waals surface area contributed by atoms with Crippen LogP contribution in [0.2, 0.25) is 0 Å². The first-order valence-electron chi connectivity index (χ1n) is 6.58. The van der Waals surface area contributed by atoms with Crippen molar-refractivity contribution >= 4 is 34.3 Å². The molecule has 3 heterocycles. The van der Waals surface area contributed by atoms with E-state index in [1.807, 2.05) is 13.8 Å². The van der Waals surface area contributed by atoms with E-state index in [0.717, 1.165) is 16.8 Å². The van der Waals surface area contributed by atoms with Gasteiger partial charge in [-0.1, -0.05) is 0 Å². The summed E-state index contributed by atoms with van der Waals surface area (Å²) in [6.07, 6.45) is 2.53. The van der Waals surface area contributed by atoms with Crippen molar-refractivity contribution in [2.24, 2.45) is 0 Å². The highest BCUT2D eigenvalue weighted by molar-refractivity contribution is 7.15. The van der Waals surface area contributed by atoms with Crippen LogP contribution < -0.4 is 10.6 Å². The fourth-order valence-electron chi connectivity index (χ4n) is 1.69. The number of carbonyl (C=O) groups excluding carboxylic acids is 2. The van der Waals surface area contributed by atoms with Gasteiger partial charge in [0, 0.05) is 4.88 Å². The molecule has 118 valence electrons. The topological polar surface area (TPSA) is 110 Å². The molecule has 0 fully saturated rings. The molecule has 9 heteroatoms. The summed E-state index contributed by atoms with van der Waals surface area (Å²) >= 11 is 1.37. The molecule has 8 nitrogen and oxygen atoms in total. The Kier molecular flexibility index (Phi) is 3.94. The summed E-state index contributed by atoms with van der Waals surface area (Å²) in [5, 5.41) is 5.50. The van der Waals surface area contributed by atoms with Crippen molar-refractivity contribution in [2.75, 3.05) is 10.6 Å². The van der Waals surface area contributed by atoms with E-state index in [-0.39, 0.29) is 17.5 Å². The number of anilines is 2. The highest BCUT2D eigenvalue weighted by Crippen LogP contribution is 2.21. The fraction of sp³-hybridized carbons (Fsp3) is 0.143. The standard InChI is InChI=1S/C14H12N4O4S/c1-7-8(2)23-14(15-7)18-11(19)9-6-22-13(16-9)17-12(20)10-4-3-5-21-10/h3-6H,1-2H3,(H,15,18,19)(H,16,17,20). The summed E-state index contributed by atoms with van der Waals surface area (Å²) in [6.45, 7) is 3.78. The van der Waals surface area contributed by atoms with E-state index in [9.17, 15) is 9.59 Å². The predicted octanol–water partition coefficient (Wildman–Crippen LogP) is 2.85. The van der Waals surface area contributed by atoms with Gasteiger partial charge >= 0.3 is 6.01 Å². The van der Waals surface area contributed by atoms with Gasteiger partial charge in [0.2, 0.25) is 0 Å². The molecule has 0 saturated carbocycles. The van der Waals surface area contributed by atoms with Crippen LogP contribution in [-0.2, 0) is 0 Å². The quantitative estimate of drug-likeness (QED) is 0.760. The van der Waals surface area contributed by atoms with Gasteiger partial charge in [-0.05, 0) is 26.0 Å². The van der Waals surface area contributed by atoms with E-state index in [0.29, 0.717) is 5.13 Å². The van der Waals surface area contributed by atoms with Crippen LogP contribution in [0.1, 0.15) is 31.6 Å². The molecule has 0 bridgehead atoms. The lowest BCUT2D eigenvalue weighted by Crippen LogP contribution is -2.14. The summed E-state index contributed by atoms with van der Waals surface area (Å²) in [5.41, 5.74) is 0.891. The second kappa shape index (κ2) is 6.05. The predicted molar refractivity (Wildman–Crippen MR) is 82.7 cm³/mol. The number of hydrogen-bond donors (Lipinski definition) is 2. The minimum absolute atomic E-state index is 0.0326. The maximum Gasteiger partial charge on any atom is 0.302 e. The third-order valence-electron chi connectivity index (χ3n) is 2.95. The molecule has 0 unspecified atom stereocenters. The first-order chi connectivity index (χ1) is 11.0. The van der Waals surface area contributed by atoms with Crippen molar-refractivity contribution in [1.82, 2.24) is 9.97 Å². The van der Waals surface area contributed by atoms with E-state index >= 15 is 0 Å². The van der Waals surface area contributed by atoms with Crippen LogP contribution in [0, 0.1) is 13.8 Å². The smallest absolute Gasteiger partial charge is 0.302 e. The highest BCUT2D eigenvalue weighted by Gasteiger charge is 2.17. The van der Waals surface area contributed by atoms with Crippen molar-refractivity contribution in [3.8, 4) is 0 Å². The molecule has 0 aliphatic carbocycles. The number of nitrogens with zero attached hydrogens (tertiary/aromatic N) is 2. The molecule has 3 rings (SSSR count). The number of aromatic nitrogens is 2. The van der Waals surface area contributed by atoms with Crippen LogP contribution in [0.25, 0.3) is 0 Å². The zero-order valence-electron chi connectivity index (χ0n) is 12.2. The summed E-state index contributed by atoms with van der Waals surface area (Å²) in [7, 11) is 0. The number of amides is 2. The molecule has 23 heavy (non-hydrogen) atoms. The van der Waals surface area contributed by atoms with E-state index in [1.54, 1.807) is 6.07 Å². The van der Waals surface area contributed by atoms with Crippen LogP contribution in [0.5, 0.6) is 0 Å². The number of nitrogens with one attached hydrogen (secondary N) is 2. The zero-order valence-corrected chi connectivity index (χ0v) is 13.1. The molecule has 0 saturated heterocycles. The third kappa shape index (κ3) is 3.29. The Hall–Kier alpha value is -2.94. The van der Waals surface area contributed by atoms with Gasteiger partial charge < -0.3 is 8.83 Å². The molecule has 0 aliphatic rings. The van der Waals surface area contributed by atoms with Gasteiger partial charge in [-0.3, -0.25) is 20.2 Å². The Labute approximate surface area is 134 Å². The van der Waals surface area contributed by atoms with Crippen LogP contribution >= 0.6 is 11.3 Å². The number of hydrogen-bond acceptors (Lipinski definition) is 7. The van der Waals surface area contributed by atoms with E-state index in [1.165, 1.54) is 23.7 Å². The van der Waals surface area contributed by atoms with Gasteiger partial charge in [0.05, 0.1) is 12.0 Å². The Balaban J connectivity index is 1.66. The summed E-state index contributed by atoms with van der Waals surface area (Å²) in [4.78, 5) is 33.0. The molecule has 0 aromatic carbocycles. The largest absolute Gasteiger partial charge is 0.459 e. The normalized spacial score (nSPS) is 10.5. The van der Waals surface area contributed by atoms with Gasteiger partial charge in [-0.25, -0.2) is 4.98 Å². The SMILES string of the molecule is Cc1nc(NC(=O)c2coc(NC(=O)c3ccco3)n2)sc1C. The monoisotopic (exact) mass is 332 g/mol. The number of oxazole rings is 1. The Morgan fingerprint density at radius 3 is 2.61 bits per heavy atom. The lowest BCUT2D eigenvalue weighted by Gasteiger charge is -1.97. The van der Waals surface area contributed by atoms with Gasteiger partial charge in [0.1, 0.15) is 6.26 Å². The minimum atomic E-state index is -0.519. The Bertz CT molecular complexity index is 831. The second-order valence-corrected chi connectivity index (χ2v) is 5.79. The first-order valence-corrected chi connectivity index (χ1v) is 7.40. The molecule has 2 N–H and O–H groups in total. The van der Waals surface area contributed by atoms with E-state index < -0.39 is 11.8 Å². The van der Waals surface area contributed by atoms with Gasteiger partial charge in [-0.2, -0.15) is 4.98 Å². The van der Waals surface area contributed by atoms with Gasteiger partial charge in [0.15, 0.2) is 16.6 Å². The fourth-order valence-corrected chi connectivity index (χ4v) is 2.50. The van der Waals surface area contributed by atoms with Crippen LogP contribution in [0.3, 0.4) is 0 Å². The molecule has 0 spiro atoms. The average molecular weight is 332 g/mol. The van der Waals surface area contributed by atoms with Crippen molar-refractivity contribution in [3.05, 3.63) is 46.7 Å². The maximum atomic E-state index is 12.1. The van der Waals surface area contributed by atoms with Crippen molar-refractivity contribution < 1.29 is 18.4 Å². The molecule has 0 radical (unpaired) electrons. The number of furan rings is 1. The number of aryl methyl sites for hydroxylation is 2. The maximum absolute atomic E-state index is 12.1. The number of rotatable bonds is 4. The molecule has 0 aliphatic heterocycles. The molecule has 3 aromatic heterocycles. The Morgan fingerprint density at radius 2 is 1.96 bits per heavy atom. The van der Waals surface area contributed by atoms with Crippen molar-refractivity contribution in [1.29, 1.82) is 0 Å². The molecular formula is C14H12N4O4S. The summed E-state index contributed by atoms with van der Waals surface area (Å²) in [6, 6.07) is 2.99. The summed E-state index contributed by atoms with van der Waals surface area (Å²) < 4.78 is 10.0. The second-order valence-electron chi connectivity index (χ2n) is 4.58. The van der Waals surface area contributed by atoms with Crippen molar-refractivity contribution in [3.63, 3.8) is 0 Å². The first kappa shape index (κ1) is 15.0. The third-order valence-corrected chi connectivity index (χ3v) is 3.94. The Morgan fingerprint density at radius 1 is 1.13 bits per heavy atom.